The van der Waals surface area contributed by atoms with Crippen molar-refractivity contribution in [2.24, 2.45) is 0 Å². The molecule has 1 fully saturated rings. The van der Waals surface area contributed by atoms with E-state index < -0.39 is 10.0 Å². The monoisotopic (exact) mass is 461 g/mol. The number of para-hydroxylation sites is 2. The van der Waals surface area contributed by atoms with E-state index in [0.29, 0.717) is 27.8 Å². The molecule has 3 aromatic rings. The topological polar surface area (TPSA) is 102 Å². The smallest absolute Gasteiger partial charge is 0.262 e. The van der Waals surface area contributed by atoms with E-state index in [9.17, 15) is 13.2 Å². The van der Waals surface area contributed by atoms with Gasteiger partial charge >= 0.3 is 0 Å². The molecule has 31 heavy (non-hydrogen) atoms. The summed E-state index contributed by atoms with van der Waals surface area (Å²) in [5.74, 6) is 0.484. The molecule has 0 spiro atoms. The molecule has 4 rings (SSSR count). The fourth-order valence-electron chi connectivity index (χ4n) is 3.43. The normalized spacial score (nSPS) is 15.2. The van der Waals surface area contributed by atoms with Crippen LogP contribution in [0.2, 0.25) is 0 Å². The van der Waals surface area contributed by atoms with Crippen molar-refractivity contribution in [2.75, 3.05) is 24.9 Å². The Hall–Kier alpha value is -2.72. The Morgan fingerprint density at radius 1 is 1.23 bits per heavy atom. The molecule has 2 aromatic carbocycles. The highest BCUT2D eigenvalue weighted by Gasteiger charge is 2.26. The van der Waals surface area contributed by atoms with Gasteiger partial charge in [-0.05, 0) is 50.1 Å². The predicted molar refractivity (Wildman–Crippen MR) is 119 cm³/mol. The molecular formula is C21H23N3O5S2. The zero-order valence-corrected chi connectivity index (χ0v) is 18.8. The number of thioether (sulfide) groups is 1. The Balaban J connectivity index is 1.53. The van der Waals surface area contributed by atoms with Gasteiger partial charge in [0.25, 0.3) is 15.2 Å². The van der Waals surface area contributed by atoms with E-state index in [2.05, 4.69) is 9.71 Å². The summed E-state index contributed by atoms with van der Waals surface area (Å²) in [4.78, 5) is 18.8. The maximum absolute atomic E-state index is 12.9. The van der Waals surface area contributed by atoms with Crippen LogP contribution in [0.15, 0.2) is 57.0 Å². The summed E-state index contributed by atoms with van der Waals surface area (Å²) in [7, 11) is -2.38. The number of nitrogens with one attached hydrogen (secondary N) is 1. The molecule has 1 amide bonds. The number of anilines is 1. The van der Waals surface area contributed by atoms with Crippen molar-refractivity contribution >= 4 is 44.5 Å². The van der Waals surface area contributed by atoms with Gasteiger partial charge < -0.3 is 14.1 Å². The lowest BCUT2D eigenvalue weighted by Crippen LogP contribution is -2.34. The number of rotatable bonds is 7. The van der Waals surface area contributed by atoms with E-state index in [4.69, 9.17) is 9.15 Å². The molecule has 1 aliphatic heterocycles. The second kappa shape index (κ2) is 8.80. The first-order chi connectivity index (χ1) is 14.9. The number of sulfonamides is 1. The van der Waals surface area contributed by atoms with Crippen LogP contribution >= 0.6 is 11.8 Å². The number of nitrogens with zero attached hydrogens (tertiary/aromatic N) is 2. The lowest BCUT2D eigenvalue weighted by Gasteiger charge is -2.18. The van der Waals surface area contributed by atoms with Gasteiger partial charge in [0.2, 0.25) is 5.91 Å². The van der Waals surface area contributed by atoms with Crippen LogP contribution in [-0.4, -0.2) is 49.7 Å². The first-order valence-electron chi connectivity index (χ1n) is 9.89. The maximum atomic E-state index is 12.9. The van der Waals surface area contributed by atoms with Crippen molar-refractivity contribution in [1.82, 2.24) is 9.88 Å². The van der Waals surface area contributed by atoms with E-state index in [1.807, 2.05) is 11.8 Å². The van der Waals surface area contributed by atoms with Crippen molar-refractivity contribution < 1.29 is 22.4 Å². The van der Waals surface area contributed by atoms with Crippen LogP contribution in [0.25, 0.3) is 11.1 Å². The molecule has 2 heterocycles. The van der Waals surface area contributed by atoms with Crippen LogP contribution in [0, 0.1) is 0 Å². The number of fused-ring (bicyclic) bond motifs is 1. The Kier molecular flexibility index (Phi) is 6.10. The second-order valence-corrected chi connectivity index (χ2v) is 10.2. The van der Waals surface area contributed by atoms with E-state index in [1.54, 1.807) is 30.3 Å². The molecule has 0 unspecified atom stereocenters. The third-order valence-electron chi connectivity index (χ3n) is 5.04. The molecule has 1 saturated heterocycles. The molecule has 164 valence electrons. The van der Waals surface area contributed by atoms with Gasteiger partial charge in [-0.15, -0.1) is 0 Å². The summed E-state index contributed by atoms with van der Waals surface area (Å²) < 4.78 is 39.2. The highest BCUT2D eigenvalue weighted by atomic mass is 32.2. The molecule has 0 aliphatic carbocycles. The van der Waals surface area contributed by atoms with Gasteiger partial charge in [-0.3, -0.25) is 9.52 Å². The number of hydrogen-bond acceptors (Lipinski definition) is 7. The average Bonchev–Trinajstić information content (AvgIpc) is 3.42. The minimum absolute atomic E-state index is 0.0527. The number of carbonyl (C=O) groups excluding carboxylic acids is 1. The van der Waals surface area contributed by atoms with Gasteiger partial charge in [0.1, 0.15) is 11.3 Å². The lowest BCUT2D eigenvalue weighted by atomic mass is 10.3. The molecule has 0 radical (unpaired) electrons. The summed E-state index contributed by atoms with van der Waals surface area (Å²) in [6, 6.07) is 11.2. The van der Waals surface area contributed by atoms with Crippen LogP contribution in [-0.2, 0) is 14.8 Å². The second-order valence-electron chi connectivity index (χ2n) is 7.21. The quantitative estimate of drug-likeness (QED) is 0.535. The lowest BCUT2D eigenvalue weighted by molar-refractivity contribution is -0.129. The number of ether oxygens (including phenoxy) is 1. The van der Waals surface area contributed by atoms with Gasteiger partial charge in [-0.2, -0.15) is 0 Å². The fraction of sp³-hybridized carbons (Fsp3) is 0.333. The molecule has 0 bridgehead atoms. The summed E-state index contributed by atoms with van der Waals surface area (Å²) in [6.45, 7) is 3.41. The zero-order chi connectivity index (χ0) is 22.0. The molecule has 1 aromatic heterocycles. The standard InChI is InChI=1S/C21H23N3O5S2/c1-14(20(25)24-11-5-6-12-24)30-21-22-17-13-15(9-10-19(17)29-21)31(26,27)23-16-7-3-4-8-18(16)28-2/h3-4,7-10,13-14,23H,5-6,11-12H2,1-2H3/t14-/m1/s1. The first kappa shape index (κ1) is 21.5. The molecule has 0 saturated carbocycles. The van der Waals surface area contributed by atoms with Crippen LogP contribution in [0.4, 0.5) is 5.69 Å². The van der Waals surface area contributed by atoms with Crippen molar-refractivity contribution in [1.29, 1.82) is 0 Å². The molecule has 8 nitrogen and oxygen atoms in total. The SMILES string of the molecule is COc1ccccc1NS(=O)(=O)c1ccc2oc(S[C@H](C)C(=O)N3CCCC3)nc2c1. The number of likely N-dealkylation sites (tertiary alicyclic amines) is 1. The van der Waals surface area contributed by atoms with Gasteiger partial charge in [0.05, 0.1) is 22.9 Å². The van der Waals surface area contributed by atoms with Gasteiger partial charge in [0, 0.05) is 13.1 Å². The summed E-state index contributed by atoms with van der Waals surface area (Å²) in [5, 5.41) is 0.00357. The zero-order valence-electron chi connectivity index (χ0n) is 17.2. The Labute approximate surface area is 185 Å². The largest absolute Gasteiger partial charge is 0.495 e. The van der Waals surface area contributed by atoms with Crippen LogP contribution in [0.5, 0.6) is 5.75 Å². The fourth-order valence-corrected chi connectivity index (χ4v) is 5.36. The number of benzene rings is 2. The Morgan fingerprint density at radius 2 is 1.97 bits per heavy atom. The van der Waals surface area contributed by atoms with Crippen molar-refractivity contribution in [3.8, 4) is 5.75 Å². The number of carbonyl (C=O) groups is 1. The van der Waals surface area contributed by atoms with Crippen molar-refractivity contribution in [3.05, 3.63) is 42.5 Å². The van der Waals surface area contributed by atoms with Crippen molar-refractivity contribution in [3.63, 3.8) is 0 Å². The Morgan fingerprint density at radius 3 is 2.71 bits per heavy atom. The summed E-state index contributed by atoms with van der Waals surface area (Å²) in [5.41, 5.74) is 1.21. The molecule has 1 N–H and O–H groups in total. The third kappa shape index (κ3) is 4.64. The van der Waals surface area contributed by atoms with Crippen molar-refractivity contribution in [2.45, 2.75) is 35.1 Å². The van der Waals surface area contributed by atoms with E-state index in [0.717, 1.165) is 25.9 Å². The number of methoxy groups -OCH3 is 1. The Bertz CT molecular complexity index is 1200. The van der Waals surface area contributed by atoms with Crippen LogP contribution < -0.4 is 9.46 Å². The highest BCUT2D eigenvalue weighted by molar-refractivity contribution is 8.00. The number of amides is 1. The van der Waals surface area contributed by atoms with Gasteiger partial charge in [-0.25, -0.2) is 13.4 Å². The number of hydrogen-bond donors (Lipinski definition) is 1. The van der Waals surface area contributed by atoms with E-state index in [-0.39, 0.29) is 16.1 Å². The third-order valence-corrected chi connectivity index (χ3v) is 7.34. The molecule has 1 aliphatic rings. The minimum Gasteiger partial charge on any atom is -0.495 e. The van der Waals surface area contributed by atoms with Gasteiger partial charge in [0.15, 0.2) is 5.58 Å². The number of aromatic nitrogens is 1. The minimum atomic E-state index is -3.85. The summed E-state index contributed by atoms with van der Waals surface area (Å²) in [6.07, 6.45) is 2.07. The molecular weight excluding hydrogens is 438 g/mol. The van der Waals surface area contributed by atoms with Crippen LogP contribution in [0.1, 0.15) is 19.8 Å². The molecule has 1 atom stereocenters. The first-order valence-corrected chi connectivity index (χ1v) is 12.3. The number of oxazole rings is 1. The predicted octanol–water partition coefficient (Wildman–Crippen LogP) is 3.74. The van der Waals surface area contributed by atoms with Crippen LogP contribution in [0.3, 0.4) is 0 Å². The summed E-state index contributed by atoms with van der Waals surface area (Å²) >= 11 is 1.23. The van der Waals surface area contributed by atoms with Gasteiger partial charge in [-0.1, -0.05) is 23.9 Å². The average molecular weight is 462 g/mol. The van der Waals surface area contributed by atoms with E-state index >= 15 is 0 Å². The van der Waals surface area contributed by atoms with E-state index in [1.165, 1.54) is 31.0 Å². The highest BCUT2D eigenvalue weighted by Crippen LogP contribution is 2.31. The molecule has 10 heteroatoms. The maximum Gasteiger partial charge on any atom is 0.262 e.